The number of amides is 1. The van der Waals surface area contributed by atoms with Gasteiger partial charge in [-0.05, 0) is 22.0 Å². The Morgan fingerprint density at radius 3 is 2.73 bits per heavy atom. The number of aromatic nitrogens is 3. The average Bonchev–Trinajstić information content (AvgIpc) is 3.07. The summed E-state index contributed by atoms with van der Waals surface area (Å²) in [6.45, 7) is 3.16. The summed E-state index contributed by atoms with van der Waals surface area (Å²) in [5.74, 6) is -0.286. The van der Waals surface area contributed by atoms with Crippen molar-refractivity contribution in [3.63, 3.8) is 0 Å². The van der Waals surface area contributed by atoms with Gasteiger partial charge in [0, 0.05) is 56.7 Å². The molecule has 0 saturated carbocycles. The molecule has 1 fully saturated rings. The summed E-state index contributed by atoms with van der Waals surface area (Å²) in [5, 5.41) is 4.32. The molecule has 0 radical (unpaired) electrons. The molecule has 0 bridgehead atoms. The van der Waals surface area contributed by atoms with Gasteiger partial charge in [-0.25, -0.2) is 13.9 Å². The normalized spacial score (nSPS) is 15.5. The molecule has 4 rings (SSSR count). The lowest BCUT2D eigenvalue weighted by Crippen LogP contribution is -2.48. The Bertz CT molecular complexity index is 952. The van der Waals surface area contributed by atoms with Gasteiger partial charge in [0.2, 0.25) is 0 Å². The van der Waals surface area contributed by atoms with Crippen molar-refractivity contribution >= 4 is 27.5 Å². The van der Waals surface area contributed by atoms with Gasteiger partial charge in [0.25, 0.3) is 5.91 Å². The Hall–Kier alpha value is -2.32. The predicted molar refractivity (Wildman–Crippen MR) is 98.3 cm³/mol. The van der Waals surface area contributed by atoms with Crippen LogP contribution in [0.5, 0.6) is 0 Å². The van der Waals surface area contributed by atoms with E-state index in [2.05, 4.69) is 30.9 Å². The second-order valence-corrected chi connectivity index (χ2v) is 7.18. The van der Waals surface area contributed by atoms with Crippen LogP contribution in [0.25, 0.3) is 5.65 Å². The molecule has 1 saturated heterocycles. The van der Waals surface area contributed by atoms with Gasteiger partial charge in [0.15, 0.2) is 11.3 Å². The number of carbonyl (C=O) groups is 1. The SMILES string of the molecule is O=C(c1cc2ncc(Br)cn2n1)N1CCN(Cc2ccccc2F)CC1. The third kappa shape index (κ3) is 3.47. The minimum Gasteiger partial charge on any atom is -0.335 e. The maximum absolute atomic E-state index is 13.8. The molecule has 6 nitrogen and oxygen atoms in total. The molecule has 3 heterocycles. The summed E-state index contributed by atoms with van der Waals surface area (Å²) in [7, 11) is 0. The molecule has 0 spiro atoms. The number of nitrogens with zero attached hydrogens (tertiary/aromatic N) is 5. The quantitative estimate of drug-likeness (QED) is 0.657. The van der Waals surface area contributed by atoms with Gasteiger partial charge < -0.3 is 4.90 Å². The number of benzene rings is 1. The van der Waals surface area contributed by atoms with Crippen LogP contribution in [0.3, 0.4) is 0 Å². The lowest BCUT2D eigenvalue weighted by atomic mass is 10.2. The number of hydrogen-bond acceptors (Lipinski definition) is 4. The molecule has 0 unspecified atom stereocenters. The van der Waals surface area contributed by atoms with Crippen LogP contribution in [0.4, 0.5) is 4.39 Å². The Labute approximate surface area is 158 Å². The number of fused-ring (bicyclic) bond motifs is 1. The molecule has 1 amide bonds. The second kappa shape index (κ2) is 7.13. The number of hydrogen-bond donors (Lipinski definition) is 0. The fraction of sp³-hybridized carbons (Fsp3) is 0.278. The second-order valence-electron chi connectivity index (χ2n) is 6.26. The van der Waals surface area contributed by atoms with E-state index >= 15 is 0 Å². The molecule has 0 aliphatic carbocycles. The molecule has 134 valence electrons. The van der Waals surface area contributed by atoms with E-state index in [9.17, 15) is 9.18 Å². The van der Waals surface area contributed by atoms with E-state index in [1.165, 1.54) is 6.07 Å². The minimum atomic E-state index is -0.186. The van der Waals surface area contributed by atoms with Gasteiger partial charge in [-0.1, -0.05) is 18.2 Å². The molecule has 0 atom stereocenters. The molecular weight excluding hydrogens is 401 g/mol. The highest BCUT2D eigenvalue weighted by molar-refractivity contribution is 9.10. The van der Waals surface area contributed by atoms with Crippen molar-refractivity contribution in [1.82, 2.24) is 24.4 Å². The summed E-state index contributed by atoms with van der Waals surface area (Å²) in [6.07, 6.45) is 3.44. The highest BCUT2D eigenvalue weighted by atomic mass is 79.9. The highest BCUT2D eigenvalue weighted by Crippen LogP contribution is 2.15. The zero-order chi connectivity index (χ0) is 18.1. The van der Waals surface area contributed by atoms with Crippen LogP contribution in [0.15, 0.2) is 47.2 Å². The standard InChI is InChI=1S/C18H17BrFN5O/c19-14-10-21-17-9-16(22-25(17)12-14)18(26)24-7-5-23(6-8-24)11-13-3-1-2-4-15(13)20/h1-4,9-10,12H,5-8,11H2. The molecular formula is C18H17BrFN5O. The van der Waals surface area contributed by atoms with E-state index in [1.807, 2.05) is 6.07 Å². The monoisotopic (exact) mass is 417 g/mol. The van der Waals surface area contributed by atoms with Gasteiger partial charge in [0.05, 0.1) is 4.47 Å². The summed E-state index contributed by atoms with van der Waals surface area (Å²) in [6, 6.07) is 8.51. The maximum atomic E-state index is 13.8. The van der Waals surface area contributed by atoms with Gasteiger partial charge in [0.1, 0.15) is 5.82 Å². The zero-order valence-electron chi connectivity index (χ0n) is 14.0. The summed E-state index contributed by atoms with van der Waals surface area (Å²) >= 11 is 3.34. The van der Waals surface area contributed by atoms with Crippen LogP contribution in [-0.2, 0) is 6.54 Å². The molecule has 1 aromatic carbocycles. The van der Waals surface area contributed by atoms with Crippen molar-refractivity contribution in [2.24, 2.45) is 0 Å². The first-order valence-electron chi connectivity index (χ1n) is 8.36. The molecule has 3 aromatic rings. The minimum absolute atomic E-state index is 0.0998. The van der Waals surface area contributed by atoms with Gasteiger partial charge in [-0.2, -0.15) is 5.10 Å². The molecule has 8 heteroatoms. The van der Waals surface area contributed by atoms with Crippen molar-refractivity contribution < 1.29 is 9.18 Å². The third-order valence-electron chi connectivity index (χ3n) is 4.51. The van der Waals surface area contributed by atoms with E-state index in [0.717, 1.165) is 4.47 Å². The zero-order valence-corrected chi connectivity index (χ0v) is 15.6. The number of rotatable bonds is 3. The van der Waals surface area contributed by atoms with Gasteiger partial charge in [-0.3, -0.25) is 9.69 Å². The van der Waals surface area contributed by atoms with Crippen LogP contribution in [-0.4, -0.2) is 56.5 Å². The van der Waals surface area contributed by atoms with Gasteiger partial charge >= 0.3 is 0 Å². The Balaban J connectivity index is 1.40. The van der Waals surface area contributed by atoms with Crippen LogP contribution in [0.1, 0.15) is 16.1 Å². The van der Waals surface area contributed by atoms with E-state index in [1.54, 1.807) is 40.0 Å². The summed E-state index contributed by atoms with van der Waals surface area (Å²) in [5.41, 5.74) is 1.71. The van der Waals surface area contributed by atoms with E-state index in [0.29, 0.717) is 49.6 Å². The van der Waals surface area contributed by atoms with Crippen LogP contribution < -0.4 is 0 Å². The van der Waals surface area contributed by atoms with Crippen molar-refractivity contribution in [2.75, 3.05) is 26.2 Å². The van der Waals surface area contributed by atoms with Crippen LogP contribution in [0, 0.1) is 5.82 Å². The molecule has 2 aromatic heterocycles. The lowest BCUT2D eigenvalue weighted by Gasteiger charge is -2.34. The van der Waals surface area contributed by atoms with Crippen molar-refractivity contribution in [3.8, 4) is 0 Å². The highest BCUT2D eigenvalue weighted by Gasteiger charge is 2.24. The van der Waals surface area contributed by atoms with Crippen molar-refractivity contribution in [1.29, 1.82) is 0 Å². The van der Waals surface area contributed by atoms with Crippen molar-refractivity contribution in [2.45, 2.75) is 6.54 Å². The van der Waals surface area contributed by atoms with E-state index in [4.69, 9.17) is 0 Å². The number of carbonyl (C=O) groups excluding carboxylic acids is 1. The predicted octanol–water partition coefficient (Wildman–Crippen LogP) is 2.59. The fourth-order valence-corrected chi connectivity index (χ4v) is 3.39. The lowest BCUT2D eigenvalue weighted by molar-refractivity contribution is 0.0621. The largest absolute Gasteiger partial charge is 0.335 e. The molecule has 1 aliphatic rings. The number of halogens is 2. The first-order chi connectivity index (χ1) is 12.6. The smallest absolute Gasteiger partial charge is 0.274 e. The average molecular weight is 418 g/mol. The third-order valence-corrected chi connectivity index (χ3v) is 4.92. The van der Waals surface area contributed by atoms with E-state index < -0.39 is 0 Å². The molecule has 26 heavy (non-hydrogen) atoms. The van der Waals surface area contributed by atoms with E-state index in [-0.39, 0.29) is 11.7 Å². The van der Waals surface area contributed by atoms with Crippen LogP contribution in [0.2, 0.25) is 0 Å². The summed E-state index contributed by atoms with van der Waals surface area (Å²) in [4.78, 5) is 20.9. The molecule has 1 aliphatic heterocycles. The Morgan fingerprint density at radius 1 is 1.19 bits per heavy atom. The van der Waals surface area contributed by atoms with Crippen LogP contribution >= 0.6 is 15.9 Å². The number of piperazine rings is 1. The first kappa shape index (κ1) is 17.1. The topological polar surface area (TPSA) is 53.7 Å². The summed E-state index contributed by atoms with van der Waals surface area (Å²) < 4.78 is 16.2. The van der Waals surface area contributed by atoms with Gasteiger partial charge in [-0.15, -0.1) is 0 Å². The maximum Gasteiger partial charge on any atom is 0.274 e. The van der Waals surface area contributed by atoms with Crippen molar-refractivity contribution in [3.05, 3.63) is 64.3 Å². The first-order valence-corrected chi connectivity index (χ1v) is 9.15. The Kier molecular flexibility index (Phi) is 4.69. The molecule has 0 N–H and O–H groups in total. The fourth-order valence-electron chi connectivity index (χ4n) is 3.10. The Morgan fingerprint density at radius 2 is 1.96 bits per heavy atom.